The van der Waals surface area contributed by atoms with Crippen molar-refractivity contribution in [2.24, 2.45) is 0 Å². The molecule has 1 aromatic carbocycles. The predicted octanol–water partition coefficient (Wildman–Crippen LogP) is 2.44. The molecule has 1 heterocycles. The molecule has 4 heteroatoms. The fourth-order valence-electron chi connectivity index (χ4n) is 2.35. The molecule has 0 spiro atoms. The summed E-state index contributed by atoms with van der Waals surface area (Å²) in [5.74, 6) is 0.0228. The molecule has 1 N–H and O–H groups in total. The number of hydrogen-bond donors (Lipinski definition) is 1. The van der Waals surface area contributed by atoms with Gasteiger partial charge in [-0.2, -0.15) is 0 Å². The first-order valence-corrected chi connectivity index (χ1v) is 6.76. The van der Waals surface area contributed by atoms with Crippen molar-refractivity contribution < 1.29 is 9.59 Å². The Bertz CT molecular complexity index is 509. The van der Waals surface area contributed by atoms with E-state index in [0.717, 1.165) is 24.2 Å². The molecule has 0 aromatic heterocycles. The Morgan fingerprint density at radius 2 is 2.16 bits per heavy atom. The molecule has 4 nitrogen and oxygen atoms in total. The second-order valence-corrected chi connectivity index (χ2v) is 5.19. The lowest BCUT2D eigenvalue weighted by Crippen LogP contribution is -2.37. The van der Waals surface area contributed by atoms with Gasteiger partial charge in [-0.1, -0.05) is 13.0 Å². The Morgan fingerprint density at radius 1 is 1.42 bits per heavy atom. The van der Waals surface area contributed by atoms with Gasteiger partial charge in [-0.15, -0.1) is 0 Å². The Kier molecular flexibility index (Phi) is 3.88. The van der Waals surface area contributed by atoms with Gasteiger partial charge < -0.3 is 10.2 Å². The van der Waals surface area contributed by atoms with Crippen molar-refractivity contribution in [1.29, 1.82) is 0 Å². The van der Waals surface area contributed by atoms with Gasteiger partial charge in [-0.3, -0.25) is 9.59 Å². The molecular formula is C15H20N2O2. The van der Waals surface area contributed by atoms with Crippen molar-refractivity contribution in [2.45, 2.75) is 39.7 Å². The zero-order valence-corrected chi connectivity index (χ0v) is 11.7. The molecule has 0 fully saturated rings. The van der Waals surface area contributed by atoms with E-state index in [1.807, 2.05) is 30.9 Å². The van der Waals surface area contributed by atoms with E-state index in [-0.39, 0.29) is 17.9 Å². The van der Waals surface area contributed by atoms with Crippen molar-refractivity contribution in [2.75, 3.05) is 11.9 Å². The molecule has 0 bridgehead atoms. The lowest BCUT2D eigenvalue weighted by Gasteiger charge is -2.26. The van der Waals surface area contributed by atoms with Gasteiger partial charge in [-0.25, -0.2) is 0 Å². The van der Waals surface area contributed by atoms with Gasteiger partial charge in [0, 0.05) is 23.8 Å². The Morgan fingerprint density at radius 3 is 2.79 bits per heavy atom. The fourth-order valence-corrected chi connectivity index (χ4v) is 2.35. The maximum Gasteiger partial charge on any atom is 0.254 e. The van der Waals surface area contributed by atoms with Crippen LogP contribution in [0.4, 0.5) is 5.69 Å². The summed E-state index contributed by atoms with van der Waals surface area (Å²) >= 11 is 0. The number of nitrogens with one attached hydrogen (secondary N) is 1. The highest BCUT2D eigenvalue weighted by Gasteiger charge is 2.22. The topological polar surface area (TPSA) is 49.4 Å². The number of anilines is 1. The number of nitrogens with zero attached hydrogens (tertiary/aromatic N) is 1. The van der Waals surface area contributed by atoms with Crippen LogP contribution in [0.15, 0.2) is 18.2 Å². The van der Waals surface area contributed by atoms with E-state index in [4.69, 9.17) is 0 Å². The molecule has 0 radical (unpaired) electrons. The molecule has 0 saturated carbocycles. The molecule has 1 aliphatic rings. The van der Waals surface area contributed by atoms with E-state index < -0.39 is 0 Å². The summed E-state index contributed by atoms with van der Waals surface area (Å²) in [5.41, 5.74) is 2.38. The SMILES string of the molecule is CCCN(C(=O)c1ccc2c(c1)NC(=O)C2)C(C)C. The van der Waals surface area contributed by atoms with Gasteiger partial charge in [0.25, 0.3) is 5.91 Å². The highest BCUT2D eigenvalue weighted by Crippen LogP contribution is 2.25. The minimum atomic E-state index is -0.00567. The van der Waals surface area contributed by atoms with E-state index in [0.29, 0.717) is 12.0 Å². The number of hydrogen-bond acceptors (Lipinski definition) is 2. The molecule has 0 unspecified atom stereocenters. The maximum absolute atomic E-state index is 12.5. The number of carbonyl (C=O) groups is 2. The molecule has 102 valence electrons. The highest BCUT2D eigenvalue weighted by atomic mass is 16.2. The average molecular weight is 260 g/mol. The first kappa shape index (κ1) is 13.6. The smallest absolute Gasteiger partial charge is 0.254 e. The fraction of sp³-hybridized carbons (Fsp3) is 0.467. The summed E-state index contributed by atoms with van der Waals surface area (Å²) in [6, 6.07) is 5.64. The highest BCUT2D eigenvalue weighted by molar-refractivity contribution is 6.02. The minimum Gasteiger partial charge on any atom is -0.336 e. The summed E-state index contributed by atoms with van der Waals surface area (Å²) in [6.45, 7) is 6.84. The number of fused-ring (bicyclic) bond motifs is 1. The van der Waals surface area contributed by atoms with E-state index >= 15 is 0 Å². The monoisotopic (exact) mass is 260 g/mol. The third kappa shape index (κ3) is 2.78. The van der Waals surface area contributed by atoms with E-state index in [2.05, 4.69) is 12.2 Å². The maximum atomic E-state index is 12.5. The van der Waals surface area contributed by atoms with Crippen molar-refractivity contribution in [3.05, 3.63) is 29.3 Å². The zero-order chi connectivity index (χ0) is 14.0. The quantitative estimate of drug-likeness (QED) is 0.904. The normalized spacial score (nSPS) is 13.4. The Labute approximate surface area is 113 Å². The first-order chi connectivity index (χ1) is 9.02. The van der Waals surface area contributed by atoms with Crippen molar-refractivity contribution in [3.63, 3.8) is 0 Å². The van der Waals surface area contributed by atoms with E-state index in [9.17, 15) is 9.59 Å². The summed E-state index contributed by atoms with van der Waals surface area (Å²) in [5, 5.41) is 2.78. The van der Waals surface area contributed by atoms with Crippen LogP contribution in [0.2, 0.25) is 0 Å². The van der Waals surface area contributed by atoms with Crippen molar-refractivity contribution >= 4 is 17.5 Å². The number of carbonyl (C=O) groups excluding carboxylic acids is 2. The summed E-state index contributed by atoms with van der Waals surface area (Å²) < 4.78 is 0. The van der Waals surface area contributed by atoms with Crippen LogP contribution in [0, 0.1) is 0 Å². The van der Waals surface area contributed by atoms with Crippen LogP contribution in [0.3, 0.4) is 0 Å². The predicted molar refractivity (Wildman–Crippen MR) is 75.2 cm³/mol. The second-order valence-electron chi connectivity index (χ2n) is 5.19. The lowest BCUT2D eigenvalue weighted by molar-refractivity contribution is -0.115. The molecule has 0 aliphatic carbocycles. The largest absolute Gasteiger partial charge is 0.336 e. The van der Waals surface area contributed by atoms with Crippen LogP contribution in [0.1, 0.15) is 43.1 Å². The number of rotatable bonds is 4. The summed E-state index contributed by atoms with van der Waals surface area (Å²) in [6.07, 6.45) is 1.35. The van der Waals surface area contributed by atoms with E-state index in [1.165, 1.54) is 0 Å². The standard InChI is InChI=1S/C15H20N2O2/c1-4-7-17(10(2)3)15(19)12-6-5-11-9-14(18)16-13(11)8-12/h5-6,8,10H,4,7,9H2,1-3H3,(H,16,18). The van der Waals surface area contributed by atoms with Gasteiger partial charge in [0.05, 0.1) is 6.42 Å². The minimum absolute atomic E-state index is 0.00567. The Balaban J connectivity index is 2.24. The van der Waals surface area contributed by atoms with Gasteiger partial charge in [0.1, 0.15) is 0 Å². The van der Waals surface area contributed by atoms with Crippen molar-refractivity contribution in [1.82, 2.24) is 4.90 Å². The lowest BCUT2D eigenvalue weighted by atomic mass is 10.1. The van der Waals surface area contributed by atoms with Crippen LogP contribution in [0.25, 0.3) is 0 Å². The van der Waals surface area contributed by atoms with Crippen LogP contribution in [-0.4, -0.2) is 29.3 Å². The molecule has 0 saturated heterocycles. The van der Waals surface area contributed by atoms with E-state index in [1.54, 1.807) is 6.07 Å². The second kappa shape index (κ2) is 5.43. The van der Waals surface area contributed by atoms with Crippen LogP contribution >= 0.6 is 0 Å². The molecule has 19 heavy (non-hydrogen) atoms. The van der Waals surface area contributed by atoms with Crippen molar-refractivity contribution in [3.8, 4) is 0 Å². The third-order valence-corrected chi connectivity index (χ3v) is 3.33. The van der Waals surface area contributed by atoms with Gasteiger partial charge in [0.2, 0.25) is 5.91 Å². The third-order valence-electron chi connectivity index (χ3n) is 3.33. The molecule has 2 amide bonds. The van der Waals surface area contributed by atoms with Crippen LogP contribution in [0.5, 0.6) is 0 Å². The van der Waals surface area contributed by atoms with Gasteiger partial charge in [-0.05, 0) is 38.0 Å². The molecule has 1 aliphatic heterocycles. The first-order valence-electron chi connectivity index (χ1n) is 6.76. The summed E-state index contributed by atoms with van der Waals surface area (Å²) in [4.78, 5) is 25.6. The molecule has 0 atom stereocenters. The van der Waals surface area contributed by atoms with Gasteiger partial charge in [0.15, 0.2) is 0 Å². The van der Waals surface area contributed by atoms with Crippen LogP contribution in [-0.2, 0) is 11.2 Å². The van der Waals surface area contributed by atoms with Crippen LogP contribution < -0.4 is 5.32 Å². The molecule has 2 rings (SSSR count). The zero-order valence-electron chi connectivity index (χ0n) is 11.7. The number of benzene rings is 1. The summed E-state index contributed by atoms with van der Waals surface area (Å²) in [7, 11) is 0. The molecular weight excluding hydrogens is 240 g/mol. The van der Waals surface area contributed by atoms with Gasteiger partial charge >= 0.3 is 0 Å². The number of amides is 2. The molecule has 1 aromatic rings. The Hall–Kier alpha value is -1.84. The average Bonchev–Trinajstić information content (AvgIpc) is 2.73.